The monoisotopic (exact) mass is 1010 g/mol. The van der Waals surface area contributed by atoms with E-state index in [1.807, 2.05) is 0 Å². The van der Waals surface area contributed by atoms with E-state index in [4.69, 9.17) is 0 Å². The molecule has 4 atom stereocenters. The summed E-state index contributed by atoms with van der Waals surface area (Å²) in [6.45, 7) is 0. The molecule has 0 aliphatic heterocycles. The summed E-state index contributed by atoms with van der Waals surface area (Å²) in [5.41, 5.74) is 0. The zero-order valence-corrected chi connectivity index (χ0v) is 35.6. The van der Waals surface area contributed by atoms with Crippen molar-refractivity contribution in [2.75, 3.05) is 0 Å². The second-order valence-electron chi connectivity index (χ2n) is 12.5. The van der Waals surface area contributed by atoms with Crippen LogP contribution in [0.25, 0.3) is 0 Å². The third kappa shape index (κ3) is 9.12. The topological polar surface area (TPSA) is 143 Å². The molecule has 2 saturated carbocycles. The second kappa shape index (κ2) is 17.7. The number of nitrogens with zero attached hydrogens (tertiary/aromatic N) is 2. The Labute approximate surface area is 335 Å². The van der Waals surface area contributed by atoms with Gasteiger partial charge in [-0.3, -0.25) is 0 Å². The lowest BCUT2D eigenvalue weighted by atomic mass is 9.96. The van der Waals surface area contributed by atoms with Gasteiger partial charge in [0.15, 0.2) is 0 Å². The largest absolute Gasteiger partial charge is 0.256 e. The molecule has 0 bridgehead atoms. The molecule has 0 amide bonds. The predicted molar refractivity (Wildman–Crippen MR) is 218 cm³/mol. The highest BCUT2D eigenvalue weighted by atomic mass is 127. The molecule has 0 aromatic heterocycles. The lowest BCUT2D eigenvalue weighted by molar-refractivity contribution is 0.344. The molecule has 0 spiro atoms. The fraction of sp³-hybridized carbons (Fsp3) is 0.333. The molecule has 16 heteroatoms. The zero-order valence-electron chi connectivity index (χ0n) is 28.1. The van der Waals surface area contributed by atoms with E-state index in [1.165, 1.54) is 48.5 Å². The van der Waals surface area contributed by atoms with Crippen LogP contribution in [0.1, 0.15) is 51.4 Å². The van der Waals surface area contributed by atoms with Gasteiger partial charge in [0, 0.05) is 7.85 Å². The molecular formula is C36H40I2N2O8S4. The van der Waals surface area contributed by atoms with Crippen molar-refractivity contribution in [3.05, 3.63) is 121 Å². The number of hydrogen-bond acceptors (Lipinski definition) is 8. The lowest BCUT2D eigenvalue weighted by Gasteiger charge is -2.35. The van der Waals surface area contributed by atoms with E-state index in [0.717, 1.165) is 45.9 Å². The Balaban J connectivity index is 0.000000201. The Bertz CT molecular complexity index is 1920. The molecule has 0 unspecified atom stereocenters. The van der Waals surface area contributed by atoms with Crippen LogP contribution in [0.3, 0.4) is 0 Å². The summed E-state index contributed by atoms with van der Waals surface area (Å²) in [6.07, 6.45) is 6.26. The Morgan fingerprint density at radius 2 is 0.577 bits per heavy atom. The minimum Gasteiger partial charge on any atom is -0.206 e. The molecule has 280 valence electrons. The molecule has 2 fully saturated rings. The van der Waals surface area contributed by atoms with Gasteiger partial charge in [0.25, 0.3) is 40.1 Å². The molecule has 0 radical (unpaired) electrons. The molecule has 4 aromatic rings. The number of benzene rings is 4. The summed E-state index contributed by atoms with van der Waals surface area (Å²) >= 11 is 4.36. The van der Waals surface area contributed by atoms with Crippen LogP contribution < -0.4 is 0 Å². The van der Waals surface area contributed by atoms with Crippen LogP contribution in [0.15, 0.2) is 141 Å². The first-order valence-corrected chi connectivity index (χ1v) is 25.0. The van der Waals surface area contributed by atoms with Crippen molar-refractivity contribution in [1.82, 2.24) is 7.42 Å². The van der Waals surface area contributed by atoms with E-state index in [0.29, 0.717) is 12.8 Å². The average Bonchev–Trinajstić information content (AvgIpc) is 3.15. The van der Waals surface area contributed by atoms with Crippen LogP contribution in [0.2, 0.25) is 0 Å². The minimum atomic E-state index is -4.20. The summed E-state index contributed by atoms with van der Waals surface area (Å²) in [5, 5.41) is 0. The molecule has 2 aliphatic carbocycles. The van der Waals surface area contributed by atoms with E-state index in [-0.39, 0.29) is 27.4 Å². The van der Waals surface area contributed by atoms with Gasteiger partial charge in [-0.2, -0.15) is 0 Å². The van der Waals surface area contributed by atoms with Crippen molar-refractivity contribution in [3.63, 3.8) is 0 Å². The first-order valence-electron chi connectivity index (χ1n) is 16.8. The predicted octanol–water partition coefficient (Wildman–Crippen LogP) is 7.62. The van der Waals surface area contributed by atoms with Crippen LogP contribution in [0, 0.1) is 0 Å². The maximum atomic E-state index is 13.3. The normalized spacial score (nSPS) is 21.6. The average molecular weight is 1010 g/mol. The molecule has 0 heterocycles. The minimum absolute atomic E-state index is 0.00585. The van der Waals surface area contributed by atoms with E-state index >= 15 is 0 Å². The summed E-state index contributed by atoms with van der Waals surface area (Å²) in [5.74, 6) is 0. The first-order chi connectivity index (χ1) is 24.7. The van der Waals surface area contributed by atoms with Gasteiger partial charge in [0.2, 0.25) is 0 Å². The molecule has 6 rings (SSSR count). The van der Waals surface area contributed by atoms with Crippen molar-refractivity contribution in [1.29, 1.82) is 0 Å². The number of hydrogen-bond donors (Lipinski definition) is 0. The summed E-state index contributed by atoms with van der Waals surface area (Å²) in [7, 11) is -16.8. The molecular weight excluding hydrogens is 970 g/mol. The number of halogens is 2. The van der Waals surface area contributed by atoms with Crippen LogP contribution in [-0.4, -0.2) is 61.0 Å². The van der Waals surface area contributed by atoms with E-state index < -0.39 is 52.2 Å². The van der Waals surface area contributed by atoms with Crippen LogP contribution in [0.5, 0.6) is 0 Å². The van der Waals surface area contributed by atoms with Gasteiger partial charge in [0.1, 0.15) is 0 Å². The van der Waals surface area contributed by atoms with Crippen LogP contribution >= 0.6 is 45.2 Å². The van der Waals surface area contributed by atoms with Crippen LogP contribution in [0.4, 0.5) is 0 Å². The Kier molecular flexibility index (Phi) is 14.0. The van der Waals surface area contributed by atoms with Gasteiger partial charge in [-0.25, -0.2) is 33.7 Å². The Hall–Kier alpha value is -1.94. The summed E-state index contributed by atoms with van der Waals surface area (Å²) in [4.78, 5) is -0.0234. The smallest absolute Gasteiger partial charge is 0.206 e. The quantitative estimate of drug-likeness (QED) is 0.117. The van der Waals surface area contributed by atoms with Crippen molar-refractivity contribution >= 4 is 85.3 Å². The highest BCUT2D eigenvalue weighted by molar-refractivity contribution is 14.1. The number of sulfonamides is 4. The highest BCUT2D eigenvalue weighted by Crippen LogP contribution is 2.38. The Morgan fingerprint density at radius 1 is 0.365 bits per heavy atom. The zero-order chi connectivity index (χ0) is 37.6. The third-order valence-corrected chi connectivity index (χ3v) is 20.7. The van der Waals surface area contributed by atoms with Gasteiger partial charge in [-0.15, -0.1) is 0 Å². The van der Waals surface area contributed by atoms with E-state index in [2.05, 4.69) is 45.2 Å². The maximum absolute atomic E-state index is 13.3. The lowest BCUT2D eigenvalue weighted by Crippen LogP contribution is -2.49. The number of rotatable bonds is 10. The molecule has 0 saturated heterocycles. The van der Waals surface area contributed by atoms with Crippen molar-refractivity contribution < 1.29 is 33.7 Å². The molecule has 4 aromatic carbocycles. The van der Waals surface area contributed by atoms with Gasteiger partial charge in [-0.05, 0) is 74.2 Å². The van der Waals surface area contributed by atoms with Crippen molar-refractivity contribution in [2.45, 2.75) is 90.9 Å². The van der Waals surface area contributed by atoms with Gasteiger partial charge < -0.3 is 0 Å². The van der Waals surface area contributed by atoms with Crippen LogP contribution in [-0.2, 0) is 40.1 Å². The van der Waals surface area contributed by atoms with Crippen molar-refractivity contribution in [3.8, 4) is 0 Å². The van der Waals surface area contributed by atoms with Gasteiger partial charge in [0.05, 0.1) is 31.7 Å². The molecule has 0 N–H and O–H groups in total. The highest BCUT2D eigenvalue weighted by Gasteiger charge is 2.46. The maximum Gasteiger partial charge on any atom is 0.256 e. The summed E-state index contributed by atoms with van der Waals surface area (Å²) in [6, 6.07) is 30.0. The fourth-order valence-corrected chi connectivity index (χ4v) is 17.9. The van der Waals surface area contributed by atoms with E-state index in [9.17, 15) is 33.7 Å². The number of alkyl halides is 2. The van der Waals surface area contributed by atoms with E-state index in [1.54, 1.807) is 72.8 Å². The van der Waals surface area contributed by atoms with Crippen molar-refractivity contribution in [2.24, 2.45) is 0 Å². The third-order valence-electron chi connectivity index (χ3n) is 8.95. The van der Waals surface area contributed by atoms with Gasteiger partial charge >= 0.3 is 0 Å². The summed E-state index contributed by atoms with van der Waals surface area (Å²) < 4.78 is 108. The molecule has 10 nitrogen and oxygen atoms in total. The Morgan fingerprint density at radius 3 is 0.788 bits per heavy atom. The van der Waals surface area contributed by atoms with Gasteiger partial charge in [-0.1, -0.05) is 151 Å². The first kappa shape index (κ1) is 41.2. The molecule has 2 aliphatic rings. The molecule has 52 heavy (non-hydrogen) atoms. The SMILES string of the molecule is O=S(=O)(c1ccccc1)N([C@@H]1CCCC[C@H]1I)S(=O)(=O)c1ccccc1.O=S(=O)(c1ccccc1)N([C@@H]1CCCC[C@H]1I)S(=O)(=O)c1ccccc1. The second-order valence-corrected chi connectivity index (χ2v) is 23.4. The standard InChI is InChI=1S/2C18H20INO4S2/c2*19-17-13-7-8-14-18(17)20(25(21,22)15-9-3-1-4-10-15)26(23,24)16-11-5-2-6-12-16/h2*1-6,9-12,17-18H,7-8,13-14H2/t2*17-,18-/m11/s1. The fourth-order valence-electron chi connectivity index (χ4n) is 6.36.